The number of rotatable bonds is 3. The summed E-state index contributed by atoms with van der Waals surface area (Å²) in [6.07, 6.45) is 1.63. The maximum absolute atomic E-state index is 12.9. The van der Waals surface area contributed by atoms with E-state index in [0.717, 1.165) is 27.5 Å². The third-order valence-electron chi connectivity index (χ3n) is 2.90. The molecule has 6 heteroatoms. The Hall–Kier alpha value is -1.79. The van der Waals surface area contributed by atoms with Gasteiger partial charge in [-0.25, -0.2) is 9.38 Å². The molecule has 0 saturated carbocycles. The van der Waals surface area contributed by atoms with Crippen LogP contribution in [0.3, 0.4) is 0 Å². The van der Waals surface area contributed by atoms with Crippen molar-refractivity contribution < 1.29 is 13.6 Å². The highest BCUT2D eigenvalue weighted by molar-refractivity contribution is 8.45. The molecule has 0 saturated heterocycles. The predicted octanol–water partition coefficient (Wildman–Crippen LogP) is 4.81. The molecule has 2 heterocycles. The van der Waals surface area contributed by atoms with Gasteiger partial charge in [-0.2, -0.15) is 0 Å². The summed E-state index contributed by atoms with van der Waals surface area (Å²) in [7, 11) is 0. The van der Waals surface area contributed by atoms with Crippen molar-refractivity contribution in [2.24, 2.45) is 4.99 Å². The van der Waals surface area contributed by atoms with Gasteiger partial charge in [-0.3, -0.25) is 4.79 Å². The van der Waals surface area contributed by atoms with Crippen LogP contribution in [0.25, 0.3) is 17.4 Å². The van der Waals surface area contributed by atoms with Gasteiger partial charge in [0.2, 0.25) is 5.12 Å². The number of furan rings is 1. The topological polar surface area (TPSA) is 42.6 Å². The molecule has 0 amide bonds. The summed E-state index contributed by atoms with van der Waals surface area (Å²) in [5, 5.41) is -0.0734. The van der Waals surface area contributed by atoms with Crippen LogP contribution in [0.15, 0.2) is 51.5 Å². The van der Waals surface area contributed by atoms with E-state index < -0.39 is 0 Å². The van der Waals surface area contributed by atoms with Crippen molar-refractivity contribution in [2.75, 3.05) is 5.75 Å². The predicted molar refractivity (Wildman–Crippen MR) is 90.2 cm³/mol. The zero-order valence-electron chi connectivity index (χ0n) is 11.7. The van der Waals surface area contributed by atoms with Gasteiger partial charge >= 0.3 is 0 Å². The van der Waals surface area contributed by atoms with Crippen LogP contribution >= 0.6 is 23.5 Å². The minimum absolute atomic E-state index is 0.0734. The molecule has 3 rings (SSSR count). The average molecular weight is 333 g/mol. The third-order valence-corrected chi connectivity index (χ3v) is 4.79. The fourth-order valence-corrected chi connectivity index (χ4v) is 3.65. The molecule has 0 bridgehead atoms. The van der Waals surface area contributed by atoms with Crippen molar-refractivity contribution in [2.45, 2.75) is 6.92 Å². The Morgan fingerprint density at radius 3 is 2.77 bits per heavy atom. The normalized spacial score (nSPS) is 16.4. The summed E-state index contributed by atoms with van der Waals surface area (Å²) in [4.78, 5) is 16.2. The van der Waals surface area contributed by atoms with Crippen molar-refractivity contribution in [1.29, 1.82) is 0 Å². The maximum atomic E-state index is 12.9. The highest BCUT2D eigenvalue weighted by atomic mass is 32.2. The Kier molecular flexibility index (Phi) is 4.49. The van der Waals surface area contributed by atoms with Gasteiger partial charge in [0.15, 0.2) is 0 Å². The molecule has 0 radical (unpaired) electrons. The van der Waals surface area contributed by atoms with Crippen LogP contribution in [-0.2, 0) is 4.79 Å². The first kappa shape index (κ1) is 15.1. The van der Waals surface area contributed by atoms with Crippen molar-refractivity contribution in [1.82, 2.24) is 0 Å². The number of hydrogen-bond donors (Lipinski definition) is 0. The molecule has 112 valence electrons. The SMILES string of the molecule is CCSC1=N/C(=C/c2ccc(-c3ccc(F)cc3)o2)C(=O)S1. The molecular formula is C16H12FNO2S2. The van der Waals surface area contributed by atoms with E-state index >= 15 is 0 Å². The first-order chi connectivity index (χ1) is 10.7. The monoisotopic (exact) mass is 333 g/mol. The summed E-state index contributed by atoms with van der Waals surface area (Å²) in [6, 6.07) is 9.62. The standard InChI is InChI=1S/C16H12FNO2S2/c1-2-21-16-18-13(15(19)22-16)9-12-7-8-14(20-12)10-3-5-11(17)6-4-10/h3-9H,2H2,1H3/b13-9+. The average Bonchev–Trinajstić information content (AvgIpc) is 3.08. The van der Waals surface area contributed by atoms with Gasteiger partial charge in [0, 0.05) is 11.6 Å². The van der Waals surface area contributed by atoms with E-state index in [2.05, 4.69) is 4.99 Å². The molecule has 1 aromatic carbocycles. The molecule has 0 unspecified atom stereocenters. The molecule has 0 fully saturated rings. The highest BCUT2D eigenvalue weighted by Crippen LogP contribution is 2.31. The molecule has 1 aliphatic heterocycles. The summed E-state index contributed by atoms with van der Waals surface area (Å²) < 4.78 is 19.4. The van der Waals surface area contributed by atoms with Gasteiger partial charge in [-0.1, -0.05) is 18.7 Å². The van der Waals surface area contributed by atoms with Crippen molar-refractivity contribution in [3.63, 3.8) is 0 Å². The van der Waals surface area contributed by atoms with Gasteiger partial charge in [-0.05, 0) is 53.9 Å². The van der Waals surface area contributed by atoms with Crippen LogP contribution < -0.4 is 0 Å². The summed E-state index contributed by atoms with van der Waals surface area (Å²) in [5.74, 6) is 1.76. The van der Waals surface area contributed by atoms with Gasteiger partial charge in [0.05, 0.1) is 0 Å². The second kappa shape index (κ2) is 6.54. The van der Waals surface area contributed by atoms with E-state index in [-0.39, 0.29) is 10.9 Å². The van der Waals surface area contributed by atoms with E-state index in [4.69, 9.17) is 4.42 Å². The Bertz CT molecular complexity index is 763. The number of halogens is 1. The van der Waals surface area contributed by atoms with Crippen LogP contribution in [0.1, 0.15) is 12.7 Å². The molecule has 22 heavy (non-hydrogen) atoms. The Morgan fingerprint density at radius 2 is 2.05 bits per heavy atom. The van der Waals surface area contributed by atoms with E-state index in [1.54, 1.807) is 42.1 Å². The quantitative estimate of drug-likeness (QED) is 0.756. The smallest absolute Gasteiger partial charge is 0.244 e. The number of carbonyl (C=O) groups excluding carboxylic acids is 1. The van der Waals surface area contributed by atoms with E-state index in [0.29, 0.717) is 17.2 Å². The Labute approximate surface area is 135 Å². The zero-order chi connectivity index (χ0) is 15.5. The van der Waals surface area contributed by atoms with Crippen LogP contribution in [0.2, 0.25) is 0 Å². The second-order valence-corrected chi connectivity index (χ2v) is 6.91. The number of carbonyl (C=O) groups is 1. The Balaban J connectivity index is 1.84. The van der Waals surface area contributed by atoms with Gasteiger partial charge in [0.1, 0.15) is 27.4 Å². The number of benzene rings is 1. The molecule has 0 spiro atoms. The van der Waals surface area contributed by atoms with E-state index in [9.17, 15) is 9.18 Å². The van der Waals surface area contributed by atoms with E-state index in [1.165, 1.54) is 12.1 Å². The number of aliphatic imine (C=N–C) groups is 1. The Morgan fingerprint density at radius 1 is 1.27 bits per heavy atom. The van der Waals surface area contributed by atoms with Gasteiger partial charge in [0.25, 0.3) is 0 Å². The van der Waals surface area contributed by atoms with Crippen LogP contribution in [0.5, 0.6) is 0 Å². The van der Waals surface area contributed by atoms with Crippen molar-refractivity contribution >= 4 is 39.1 Å². The highest BCUT2D eigenvalue weighted by Gasteiger charge is 2.22. The summed E-state index contributed by atoms with van der Waals surface area (Å²) in [6.45, 7) is 2.02. The lowest BCUT2D eigenvalue weighted by Crippen LogP contribution is -1.87. The minimum atomic E-state index is -0.290. The van der Waals surface area contributed by atoms with E-state index in [1.807, 2.05) is 6.92 Å². The van der Waals surface area contributed by atoms with Crippen LogP contribution in [-0.4, -0.2) is 15.2 Å². The maximum Gasteiger partial charge on any atom is 0.244 e. The molecule has 3 nitrogen and oxygen atoms in total. The van der Waals surface area contributed by atoms with Crippen molar-refractivity contribution in [3.05, 3.63) is 53.7 Å². The minimum Gasteiger partial charge on any atom is -0.457 e. The zero-order valence-corrected chi connectivity index (χ0v) is 13.3. The van der Waals surface area contributed by atoms with Gasteiger partial charge in [-0.15, -0.1) is 0 Å². The fraction of sp³-hybridized carbons (Fsp3) is 0.125. The number of thioether (sulfide) groups is 2. The molecule has 0 atom stereocenters. The van der Waals surface area contributed by atoms with Crippen LogP contribution in [0.4, 0.5) is 4.39 Å². The largest absolute Gasteiger partial charge is 0.457 e. The molecule has 0 aliphatic carbocycles. The summed E-state index contributed by atoms with van der Waals surface area (Å²) in [5.41, 5.74) is 1.17. The molecular weight excluding hydrogens is 321 g/mol. The van der Waals surface area contributed by atoms with Crippen molar-refractivity contribution in [3.8, 4) is 11.3 Å². The summed E-state index contributed by atoms with van der Waals surface area (Å²) >= 11 is 2.69. The first-order valence-electron chi connectivity index (χ1n) is 6.67. The molecule has 1 aromatic heterocycles. The third kappa shape index (κ3) is 3.34. The lowest BCUT2D eigenvalue weighted by atomic mass is 10.2. The number of nitrogens with zero attached hydrogens (tertiary/aromatic N) is 1. The lowest BCUT2D eigenvalue weighted by Gasteiger charge is -1.96. The fourth-order valence-electron chi connectivity index (χ4n) is 1.91. The second-order valence-electron chi connectivity index (χ2n) is 4.44. The molecule has 0 N–H and O–H groups in total. The molecule has 2 aromatic rings. The molecule has 1 aliphatic rings. The number of hydrogen-bond acceptors (Lipinski definition) is 5. The lowest BCUT2D eigenvalue weighted by molar-refractivity contribution is -0.107. The van der Waals surface area contributed by atoms with Crippen LogP contribution in [0, 0.1) is 5.82 Å². The first-order valence-corrected chi connectivity index (χ1v) is 8.47. The van der Waals surface area contributed by atoms with Gasteiger partial charge < -0.3 is 4.42 Å².